The molecule has 4 heteroatoms. The number of methoxy groups -OCH3 is 1. The number of hydrogen-bond donors (Lipinski definition) is 1. The fraction of sp³-hybridized carbons (Fsp3) is 0.188. The zero-order valence-corrected chi connectivity index (χ0v) is 11.2. The second-order valence-electron chi connectivity index (χ2n) is 4.39. The van der Waals surface area contributed by atoms with Gasteiger partial charge in [0.2, 0.25) is 0 Å². The van der Waals surface area contributed by atoms with Crippen molar-refractivity contribution in [2.24, 2.45) is 0 Å². The van der Waals surface area contributed by atoms with Crippen molar-refractivity contribution >= 4 is 5.91 Å². The summed E-state index contributed by atoms with van der Waals surface area (Å²) in [5, 5.41) is 2.82. The minimum absolute atomic E-state index is 0.225. The lowest BCUT2D eigenvalue weighted by Gasteiger charge is -2.10. The van der Waals surface area contributed by atoms with Gasteiger partial charge < -0.3 is 10.1 Å². The lowest BCUT2D eigenvalue weighted by Crippen LogP contribution is -2.23. The smallest absolute Gasteiger partial charge is 0.251 e. The standard InChI is InChI=1S/C16H16FNO2/c1-20-11-14-5-3-2-4-13(14)10-18-16(19)12-6-8-15(17)9-7-12/h2-9H,10-11H2,1H3,(H,18,19). The number of halogens is 1. The minimum Gasteiger partial charge on any atom is -0.380 e. The highest BCUT2D eigenvalue weighted by atomic mass is 19.1. The molecule has 0 bridgehead atoms. The van der Waals surface area contributed by atoms with E-state index in [-0.39, 0.29) is 11.7 Å². The first kappa shape index (κ1) is 14.2. The van der Waals surface area contributed by atoms with E-state index >= 15 is 0 Å². The monoisotopic (exact) mass is 273 g/mol. The predicted octanol–water partition coefficient (Wildman–Crippen LogP) is 2.90. The summed E-state index contributed by atoms with van der Waals surface area (Å²) in [6.07, 6.45) is 0. The van der Waals surface area contributed by atoms with Crippen LogP contribution in [0.1, 0.15) is 21.5 Å². The van der Waals surface area contributed by atoms with E-state index in [9.17, 15) is 9.18 Å². The topological polar surface area (TPSA) is 38.3 Å². The van der Waals surface area contributed by atoms with Gasteiger partial charge in [0.25, 0.3) is 5.91 Å². The summed E-state index contributed by atoms with van der Waals surface area (Å²) in [5.41, 5.74) is 2.48. The highest BCUT2D eigenvalue weighted by Crippen LogP contribution is 2.10. The molecule has 1 N–H and O–H groups in total. The summed E-state index contributed by atoms with van der Waals surface area (Å²) in [7, 11) is 1.63. The van der Waals surface area contributed by atoms with Crippen molar-refractivity contribution in [3.8, 4) is 0 Å². The fourth-order valence-electron chi connectivity index (χ4n) is 1.91. The number of rotatable bonds is 5. The van der Waals surface area contributed by atoms with E-state index in [2.05, 4.69) is 5.32 Å². The van der Waals surface area contributed by atoms with Crippen molar-refractivity contribution in [2.75, 3.05) is 7.11 Å². The molecule has 0 atom stereocenters. The Morgan fingerprint density at radius 1 is 1.10 bits per heavy atom. The molecule has 0 radical (unpaired) electrons. The molecule has 2 rings (SSSR count). The van der Waals surface area contributed by atoms with Gasteiger partial charge in [-0.1, -0.05) is 24.3 Å². The van der Waals surface area contributed by atoms with Crippen molar-refractivity contribution in [1.29, 1.82) is 0 Å². The zero-order chi connectivity index (χ0) is 14.4. The summed E-state index contributed by atoms with van der Waals surface area (Å²) < 4.78 is 17.9. The van der Waals surface area contributed by atoms with E-state index in [4.69, 9.17) is 4.74 Å². The summed E-state index contributed by atoms with van der Waals surface area (Å²) in [6, 6.07) is 13.2. The highest BCUT2D eigenvalue weighted by Gasteiger charge is 2.07. The van der Waals surface area contributed by atoms with Crippen molar-refractivity contribution in [1.82, 2.24) is 5.32 Å². The van der Waals surface area contributed by atoms with Crippen LogP contribution < -0.4 is 5.32 Å². The van der Waals surface area contributed by atoms with Crippen LogP contribution in [0.4, 0.5) is 4.39 Å². The molecular weight excluding hydrogens is 257 g/mol. The zero-order valence-electron chi connectivity index (χ0n) is 11.2. The van der Waals surface area contributed by atoms with Gasteiger partial charge in [-0.15, -0.1) is 0 Å². The van der Waals surface area contributed by atoms with E-state index < -0.39 is 0 Å². The van der Waals surface area contributed by atoms with Gasteiger partial charge in [-0.2, -0.15) is 0 Å². The maximum absolute atomic E-state index is 12.8. The molecule has 0 heterocycles. The van der Waals surface area contributed by atoms with Gasteiger partial charge >= 0.3 is 0 Å². The Balaban J connectivity index is 2.01. The molecular formula is C16H16FNO2. The highest BCUT2D eigenvalue weighted by molar-refractivity contribution is 5.94. The van der Waals surface area contributed by atoms with E-state index in [1.54, 1.807) is 7.11 Å². The van der Waals surface area contributed by atoms with Crippen LogP contribution in [0.25, 0.3) is 0 Å². The van der Waals surface area contributed by atoms with Gasteiger partial charge in [-0.25, -0.2) is 4.39 Å². The van der Waals surface area contributed by atoms with Crippen LogP contribution in [-0.2, 0) is 17.9 Å². The maximum atomic E-state index is 12.8. The van der Waals surface area contributed by atoms with Gasteiger partial charge in [0.15, 0.2) is 0 Å². The molecule has 0 unspecified atom stereocenters. The lowest BCUT2D eigenvalue weighted by molar-refractivity contribution is 0.0950. The van der Waals surface area contributed by atoms with Gasteiger partial charge in [0.05, 0.1) is 6.61 Å². The number of ether oxygens (including phenoxy) is 1. The van der Waals surface area contributed by atoms with E-state index in [0.717, 1.165) is 11.1 Å². The van der Waals surface area contributed by atoms with Crippen LogP contribution >= 0.6 is 0 Å². The number of carbonyl (C=O) groups is 1. The Bertz CT molecular complexity index is 581. The molecule has 0 saturated heterocycles. The summed E-state index contributed by atoms with van der Waals surface area (Å²) in [6.45, 7) is 0.915. The fourth-order valence-corrected chi connectivity index (χ4v) is 1.91. The molecule has 0 saturated carbocycles. The Hall–Kier alpha value is -2.20. The van der Waals surface area contributed by atoms with Gasteiger partial charge in [-0.05, 0) is 35.4 Å². The van der Waals surface area contributed by atoms with Gasteiger partial charge in [-0.3, -0.25) is 4.79 Å². The maximum Gasteiger partial charge on any atom is 0.251 e. The molecule has 2 aromatic rings. The molecule has 0 aromatic heterocycles. The quantitative estimate of drug-likeness (QED) is 0.909. The molecule has 20 heavy (non-hydrogen) atoms. The molecule has 0 aliphatic rings. The average Bonchev–Trinajstić information content (AvgIpc) is 2.47. The predicted molar refractivity (Wildman–Crippen MR) is 74.7 cm³/mol. The molecule has 1 amide bonds. The normalized spacial score (nSPS) is 10.3. The molecule has 2 aromatic carbocycles. The lowest BCUT2D eigenvalue weighted by atomic mass is 10.1. The first-order valence-electron chi connectivity index (χ1n) is 6.30. The summed E-state index contributed by atoms with van der Waals surface area (Å²) >= 11 is 0. The van der Waals surface area contributed by atoms with Crippen LogP contribution in [-0.4, -0.2) is 13.0 Å². The number of nitrogens with one attached hydrogen (secondary N) is 1. The van der Waals surface area contributed by atoms with E-state index in [1.807, 2.05) is 24.3 Å². The summed E-state index contributed by atoms with van der Waals surface area (Å²) in [5.74, 6) is -0.579. The third-order valence-electron chi connectivity index (χ3n) is 2.96. The Kier molecular flexibility index (Phi) is 4.85. The second-order valence-corrected chi connectivity index (χ2v) is 4.39. The second kappa shape index (κ2) is 6.82. The number of carbonyl (C=O) groups excluding carboxylic acids is 1. The molecule has 104 valence electrons. The summed E-state index contributed by atoms with van der Waals surface area (Å²) in [4.78, 5) is 11.9. The number of amides is 1. The van der Waals surface area contributed by atoms with Crippen LogP contribution in [0.2, 0.25) is 0 Å². The van der Waals surface area contributed by atoms with Crippen LogP contribution in [0.5, 0.6) is 0 Å². The molecule has 0 fully saturated rings. The Labute approximate surface area is 117 Å². The number of hydrogen-bond acceptors (Lipinski definition) is 2. The average molecular weight is 273 g/mol. The molecule has 0 aliphatic carbocycles. The molecule has 0 spiro atoms. The van der Waals surface area contributed by atoms with Crippen molar-refractivity contribution in [3.05, 3.63) is 71.0 Å². The van der Waals surface area contributed by atoms with E-state index in [1.165, 1.54) is 24.3 Å². The van der Waals surface area contributed by atoms with Gasteiger partial charge in [0, 0.05) is 19.2 Å². The SMILES string of the molecule is COCc1ccccc1CNC(=O)c1ccc(F)cc1. The molecule has 3 nitrogen and oxygen atoms in total. The van der Waals surface area contributed by atoms with Crippen molar-refractivity contribution in [3.63, 3.8) is 0 Å². The Morgan fingerprint density at radius 3 is 2.40 bits per heavy atom. The first-order valence-corrected chi connectivity index (χ1v) is 6.30. The minimum atomic E-state index is -0.355. The number of benzene rings is 2. The Morgan fingerprint density at radius 2 is 1.75 bits per heavy atom. The van der Waals surface area contributed by atoms with Crippen molar-refractivity contribution in [2.45, 2.75) is 13.2 Å². The molecule has 0 aliphatic heterocycles. The third-order valence-corrected chi connectivity index (χ3v) is 2.96. The van der Waals surface area contributed by atoms with Crippen LogP contribution in [0, 0.1) is 5.82 Å². The van der Waals surface area contributed by atoms with Crippen molar-refractivity contribution < 1.29 is 13.9 Å². The van der Waals surface area contributed by atoms with E-state index in [0.29, 0.717) is 18.7 Å². The first-order chi connectivity index (χ1) is 9.70. The third kappa shape index (κ3) is 3.65. The largest absolute Gasteiger partial charge is 0.380 e. The van der Waals surface area contributed by atoms with Crippen LogP contribution in [0.15, 0.2) is 48.5 Å². The van der Waals surface area contributed by atoms with Crippen LogP contribution in [0.3, 0.4) is 0 Å². The van der Waals surface area contributed by atoms with Gasteiger partial charge in [0.1, 0.15) is 5.82 Å².